The number of benzene rings is 2. The standard InChI is InChI=1S/C28H36N2O4/c1-4-20(14-26(32)33)25-11-7-10-23(16-29)27(25)34-18-24(31)17-30-28(2,3)15-19-12-21-8-5-6-9-22(21)13-19/h5-11,19-20,24,30-31H,4,12-15,17-18H2,1-3H3,(H,32,33)/t20?,24-/m0/s1. The molecule has 6 nitrogen and oxygen atoms in total. The molecule has 0 bridgehead atoms. The minimum atomic E-state index is -0.892. The van der Waals surface area contributed by atoms with Crippen LogP contribution < -0.4 is 10.1 Å². The monoisotopic (exact) mass is 464 g/mol. The zero-order chi connectivity index (χ0) is 24.7. The molecule has 3 N–H and O–H groups in total. The number of ether oxygens (including phenoxy) is 1. The van der Waals surface area contributed by atoms with E-state index in [4.69, 9.17) is 4.74 Å². The largest absolute Gasteiger partial charge is 0.489 e. The Balaban J connectivity index is 1.56. The molecule has 2 atom stereocenters. The van der Waals surface area contributed by atoms with Gasteiger partial charge in [0.15, 0.2) is 0 Å². The molecule has 0 spiro atoms. The quantitative estimate of drug-likeness (QED) is 0.429. The number of hydrogen-bond acceptors (Lipinski definition) is 5. The van der Waals surface area contributed by atoms with E-state index in [1.165, 1.54) is 11.1 Å². The summed E-state index contributed by atoms with van der Waals surface area (Å²) in [6, 6.07) is 15.9. The van der Waals surface area contributed by atoms with Crippen LogP contribution in [0, 0.1) is 17.2 Å². The molecule has 182 valence electrons. The van der Waals surface area contributed by atoms with Crippen LogP contribution in [-0.2, 0) is 17.6 Å². The number of aliphatic hydroxyl groups is 1. The number of carboxylic acid groups (broad SMARTS) is 1. The second-order valence-corrected chi connectivity index (χ2v) is 10.0. The lowest BCUT2D eigenvalue weighted by Crippen LogP contribution is -2.46. The summed E-state index contributed by atoms with van der Waals surface area (Å²) in [6.45, 7) is 6.62. The zero-order valence-corrected chi connectivity index (χ0v) is 20.4. The van der Waals surface area contributed by atoms with Gasteiger partial charge in [-0.05, 0) is 74.1 Å². The fraction of sp³-hybridized carbons (Fsp3) is 0.500. The Bertz CT molecular complexity index is 1000. The van der Waals surface area contributed by atoms with Gasteiger partial charge in [-0.2, -0.15) is 5.26 Å². The summed E-state index contributed by atoms with van der Waals surface area (Å²) in [4.78, 5) is 11.3. The minimum absolute atomic E-state index is 0.0210. The molecule has 0 heterocycles. The maximum Gasteiger partial charge on any atom is 0.303 e. The number of β-amino-alcohol motifs (C(OH)–C–C–N with tert-alkyl or cyclic N) is 1. The van der Waals surface area contributed by atoms with Gasteiger partial charge in [0.1, 0.15) is 24.5 Å². The number of nitrogens with zero attached hydrogens (tertiary/aromatic N) is 1. The fourth-order valence-electron chi connectivity index (χ4n) is 5.03. The predicted molar refractivity (Wildman–Crippen MR) is 132 cm³/mol. The van der Waals surface area contributed by atoms with E-state index in [1.807, 2.05) is 6.92 Å². The van der Waals surface area contributed by atoms with Gasteiger partial charge in [-0.25, -0.2) is 0 Å². The van der Waals surface area contributed by atoms with Crippen molar-refractivity contribution in [2.45, 2.75) is 70.4 Å². The van der Waals surface area contributed by atoms with E-state index in [0.29, 0.717) is 35.8 Å². The van der Waals surface area contributed by atoms with Crippen molar-refractivity contribution in [1.82, 2.24) is 5.32 Å². The third-order valence-electron chi connectivity index (χ3n) is 6.69. The number of nitrogens with one attached hydrogen (secondary N) is 1. The Labute approximate surface area is 202 Å². The van der Waals surface area contributed by atoms with Gasteiger partial charge in [-0.1, -0.05) is 43.3 Å². The van der Waals surface area contributed by atoms with Crippen molar-refractivity contribution in [2.75, 3.05) is 13.2 Å². The second-order valence-electron chi connectivity index (χ2n) is 10.0. The lowest BCUT2D eigenvalue weighted by molar-refractivity contribution is -0.137. The van der Waals surface area contributed by atoms with E-state index in [0.717, 1.165) is 19.3 Å². The highest BCUT2D eigenvalue weighted by atomic mass is 16.5. The number of aliphatic hydroxyl groups excluding tert-OH is 1. The van der Waals surface area contributed by atoms with E-state index in [1.54, 1.807) is 18.2 Å². The summed E-state index contributed by atoms with van der Waals surface area (Å²) in [5, 5.41) is 32.9. The molecule has 3 rings (SSSR count). The molecule has 0 radical (unpaired) electrons. The van der Waals surface area contributed by atoms with E-state index in [2.05, 4.69) is 49.5 Å². The smallest absolute Gasteiger partial charge is 0.303 e. The highest BCUT2D eigenvalue weighted by molar-refractivity contribution is 5.68. The summed E-state index contributed by atoms with van der Waals surface area (Å²) < 4.78 is 5.92. The van der Waals surface area contributed by atoms with Crippen LogP contribution in [0.4, 0.5) is 0 Å². The van der Waals surface area contributed by atoms with Crippen molar-refractivity contribution in [3.63, 3.8) is 0 Å². The van der Waals surface area contributed by atoms with E-state index in [9.17, 15) is 20.3 Å². The lowest BCUT2D eigenvalue weighted by Gasteiger charge is -2.30. The molecule has 1 aliphatic rings. The summed E-state index contributed by atoms with van der Waals surface area (Å²) >= 11 is 0. The number of aliphatic carboxylic acids is 1. The number of fused-ring (bicyclic) bond motifs is 1. The van der Waals surface area contributed by atoms with Crippen LogP contribution in [0.3, 0.4) is 0 Å². The Kier molecular flexibility index (Phi) is 8.71. The van der Waals surface area contributed by atoms with Crippen molar-refractivity contribution < 1.29 is 19.7 Å². The van der Waals surface area contributed by atoms with Gasteiger partial charge in [-0.15, -0.1) is 0 Å². The van der Waals surface area contributed by atoms with Crippen LogP contribution >= 0.6 is 0 Å². The molecule has 34 heavy (non-hydrogen) atoms. The van der Waals surface area contributed by atoms with Crippen molar-refractivity contribution in [3.8, 4) is 11.8 Å². The maximum atomic E-state index is 11.3. The van der Waals surface area contributed by atoms with Crippen LogP contribution in [0.5, 0.6) is 5.75 Å². The summed E-state index contributed by atoms with van der Waals surface area (Å²) in [7, 11) is 0. The van der Waals surface area contributed by atoms with Gasteiger partial charge in [0.2, 0.25) is 0 Å². The van der Waals surface area contributed by atoms with E-state index in [-0.39, 0.29) is 24.5 Å². The van der Waals surface area contributed by atoms with Crippen molar-refractivity contribution >= 4 is 5.97 Å². The molecule has 0 aliphatic heterocycles. The number of para-hydroxylation sites is 1. The SMILES string of the molecule is CCC(CC(=O)O)c1cccc(C#N)c1OC[C@@H](O)CNC(C)(C)CC1Cc2ccccc2C1. The number of rotatable bonds is 12. The maximum absolute atomic E-state index is 11.3. The number of hydrogen-bond donors (Lipinski definition) is 3. The first kappa shape index (κ1) is 25.7. The predicted octanol–water partition coefficient (Wildman–Crippen LogP) is 4.44. The van der Waals surface area contributed by atoms with Crippen LogP contribution in [0.25, 0.3) is 0 Å². The van der Waals surface area contributed by atoms with Gasteiger partial charge in [0.05, 0.1) is 12.0 Å². The summed E-state index contributed by atoms with van der Waals surface area (Å²) in [5.41, 5.74) is 3.79. The van der Waals surface area contributed by atoms with Gasteiger partial charge < -0.3 is 20.3 Å². The third kappa shape index (κ3) is 6.82. The molecular formula is C28H36N2O4. The topological polar surface area (TPSA) is 103 Å². The van der Waals surface area contributed by atoms with Crippen LogP contribution in [0.15, 0.2) is 42.5 Å². The molecular weight excluding hydrogens is 428 g/mol. The molecule has 1 aliphatic carbocycles. The third-order valence-corrected chi connectivity index (χ3v) is 6.69. The highest BCUT2D eigenvalue weighted by Gasteiger charge is 2.28. The Morgan fingerprint density at radius 1 is 1.21 bits per heavy atom. The number of carbonyl (C=O) groups is 1. The summed E-state index contributed by atoms with van der Waals surface area (Å²) in [6.07, 6.45) is 3.00. The van der Waals surface area contributed by atoms with Gasteiger partial charge in [0, 0.05) is 12.1 Å². The van der Waals surface area contributed by atoms with E-state index >= 15 is 0 Å². The van der Waals surface area contributed by atoms with Gasteiger partial charge in [0.25, 0.3) is 0 Å². The first-order valence-electron chi connectivity index (χ1n) is 12.1. The summed E-state index contributed by atoms with van der Waals surface area (Å²) in [5.74, 6) is -0.193. The van der Waals surface area contributed by atoms with Crippen molar-refractivity contribution in [2.24, 2.45) is 5.92 Å². The number of carboxylic acids is 1. The first-order valence-corrected chi connectivity index (χ1v) is 12.1. The molecule has 2 aromatic carbocycles. The average molecular weight is 465 g/mol. The zero-order valence-electron chi connectivity index (χ0n) is 20.4. The van der Waals surface area contributed by atoms with E-state index < -0.39 is 12.1 Å². The number of nitriles is 1. The Hall–Kier alpha value is -2.88. The minimum Gasteiger partial charge on any atom is -0.489 e. The molecule has 1 unspecified atom stereocenters. The highest BCUT2D eigenvalue weighted by Crippen LogP contribution is 2.34. The van der Waals surface area contributed by atoms with Crippen molar-refractivity contribution in [3.05, 3.63) is 64.7 Å². The molecule has 0 fully saturated rings. The Morgan fingerprint density at radius 2 is 1.88 bits per heavy atom. The van der Waals surface area contributed by atoms with Crippen molar-refractivity contribution in [1.29, 1.82) is 5.26 Å². The normalized spacial score (nSPS) is 15.4. The molecule has 0 amide bonds. The molecule has 0 aromatic heterocycles. The lowest BCUT2D eigenvalue weighted by atomic mass is 9.88. The first-order chi connectivity index (χ1) is 16.2. The molecule has 6 heteroatoms. The van der Waals surface area contributed by atoms with Gasteiger partial charge in [-0.3, -0.25) is 4.79 Å². The molecule has 2 aromatic rings. The van der Waals surface area contributed by atoms with Crippen LogP contribution in [0.2, 0.25) is 0 Å². The molecule has 0 saturated heterocycles. The second kappa shape index (κ2) is 11.5. The molecule has 0 saturated carbocycles. The average Bonchev–Trinajstić information content (AvgIpc) is 3.21. The van der Waals surface area contributed by atoms with Crippen LogP contribution in [-0.4, -0.2) is 41.0 Å². The Morgan fingerprint density at radius 3 is 2.47 bits per heavy atom. The fourth-order valence-corrected chi connectivity index (χ4v) is 5.03. The van der Waals surface area contributed by atoms with Gasteiger partial charge >= 0.3 is 5.97 Å². The van der Waals surface area contributed by atoms with Crippen LogP contribution in [0.1, 0.15) is 68.2 Å².